The molecule has 0 radical (unpaired) electrons. The first-order chi connectivity index (χ1) is 9.60. The van der Waals surface area contributed by atoms with E-state index in [0.717, 1.165) is 5.56 Å². The second-order valence-electron chi connectivity index (χ2n) is 4.25. The van der Waals surface area contributed by atoms with E-state index in [4.69, 9.17) is 0 Å². The molecule has 1 amide bonds. The third-order valence-corrected chi connectivity index (χ3v) is 3.35. The minimum atomic E-state index is -0.304. The first kappa shape index (κ1) is 14.5. The Balaban J connectivity index is 2.02. The molecule has 0 atom stereocenters. The van der Waals surface area contributed by atoms with Crippen molar-refractivity contribution in [2.75, 3.05) is 12.4 Å². The highest BCUT2D eigenvalue weighted by atomic mass is 79.9. The zero-order valence-electron chi connectivity index (χ0n) is 10.9. The van der Waals surface area contributed by atoms with Crippen molar-refractivity contribution in [1.29, 1.82) is 0 Å². The molecule has 3 nitrogen and oxygen atoms in total. The Kier molecular flexibility index (Phi) is 4.74. The van der Waals surface area contributed by atoms with Gasteiger partial charge in [0.05, 0.1) is 5.69 Å². The van der Waals surface area contributed by atoms with Gasteiger partial charge >= 0.3 is 0 Å². The summed E-state index contributed by atoms with van der Waals surface area (Å²) in [6.45, 7) is 0.493. The zero-order valence-corrected chi connectivity index (χ0v) is 12.5. The van der Waals surface area contributed by atoms with Gasteiger partial charge < -0.3 is 10.6 Å². The Morgan fingerprint density at radius 2 is 1.90 bits per heavy atom. The molecule has 0 aliphatic heterocycles. The summed E-state index contributed by atoms with van der Waals surface area (Å²) in [5.41, 5.74) is 2.02. The molecule has 0 saturated heterocycles. The Morgan fingerprint density at radius 3 is 2.50 bits per heavy atom. The number of carbonyl (C=O) groups is 1. The monoisotopic (exact) mass is 336 g/mol. The average molecular weight is 337 g/mol. The van der Waals surface area contributed by atoms with Gasteiger partial charge in [0.25, 0.3) is 5.91 Å². The fourth-order valence-electron chi connectivity index (χ4n) is 1.75. The lowest BCUT2D eigenvalue weighted by molar-refractivity contribution is 0.0963. The Labute approximate surface area is 125 Å². The maximum atomic E-state index is 13.6. The van der Waals surface area contributed by atoms with Crippen LogP contribution in [0, 0.1) is 5.82 Å². The van der Waals surface area contributed by atoms with Gasteiger partial charge in [-0.3, -0.25) is 4.79 Å². The van der Waals surface area contributed by atoms with E-state index in [9.17, 15) is 9.18 Å². The van der Waals surface area contributed by atoms with Crippen LogP contribution in [0.25, 0.3) is 0 Å². The molecule has 0 heterocycles. The van der Waals surface area contributed by atoms with Crippen LogP contribution in [0.4, 0.5) is 10.1 Å². The molecule has 0 bridgehead atoms. The van der Waals surface area contributed by atoms with E-state index in [-0.39, 0.29) is 11.7 Å². The van der Waals surface area contributed by atoms with Crippen molar-refractivity contribution < 1.29 is 9.18 Å². The maximum Gasteiger partial charge on any atom is 0.251 e. The first-order valence-corrected chi connectivity index (χ1v) is 6.89. The van der Waals surface area contributed by atoms with Crippen molar-refractivity contribution in [2.45, 2.75) is 6.54 Å². The Hall–Kier alpha value is -1.88. The Morgan fingerprint density at radius 1 is 1.20 bits per heavy atom. The number of hydrogen-bond acceptors (Lipinski definition) is 2. The molecule has 0 aliphatic carbocycles. The molecular formula is C15H14BrFN2O. The Bertz CT molecular complexity index is 614. The summed E-state index contributed by atoms with van der Waals surface area (Å²) in [7, 11) is 1.59. The fourth-order valence-corrected chi connectivity index (χ4v) is 2.08. The van der Waals surface area contributed by atoms with Gasteiger partial charge in [0.2, 0.25) is 0 Å². The van der Waals surface area contributed by atoms with E-state index >= 15 is 0 Å². The molecule has 0 aliphatic rings. The second kappa shape index (κ2) is 6.52. The van der Waals surface area contributed by atoms with Gasteiger partial charge in [-0.15, -0.1) is 0 Å². The number of halogens is 2. The van der Waals surface area contributed by atoms with E-state index in [1.54, 1.807) is 31.3 Å². The second-order valence-corrected chi connectivity index (χ2v) is 5.17. The van der Waals surface area contributed by atoms with E-state index in [1.807, 2.05) is 12.1 Å². The summed E-state index contributed by atoms with van der Waals surface area (Å²) in [5, 5.41) is 5.59. The normalized spacial score (nSPS) is 10.2. The lowest BCUT2D eigenvalue weighted by Gasteiger charge is -2.08. The number of hydrogen-bond donors (Lipinski definition) is 2. The van der Waals surface area contributed by atoms with Gasteiger partial charge in [0.1, 0.15) is 5.82 Å². The number of carbonyl (C=O) groups excluding carboxylic acids is 1. The summed E-state index contributed by atoms with van der Waals surface area (Å²) in [6.07, 6.45) is 0. The molecule has 0 aromatic heterocycles. The number of amides is 1. The van der Waals surface area contributed by atoms with Gasteiger partial charge in [0.15, 0.2) is 0 Å². The topological polar surface area (TPSA) is 41.1 Å². The highest BCUT2D eigenvalue weighted by Gasteiger charge is 2.04. The van der Waals surface area contributed by atoms with Crippen LogP contribution >= 0.6 is 15.9 Å². The number of anilines is 1. The van der Waals surface area contributed by atoms with Crippen molar-refractivity contribution in [3.63, 3.8) is 0 Å². The van der Waals surface area contributed by atoms with E-state index in [0.29, 0.717) is 22.3 Å². The van der Waals surface area contributed by atoms with E-state index < -0.39 is 0 Å². The molecule has 0 unspecified atom stereocenters. The molecule has 104 valence electrons. The predicted molar refractivity (Wildman–Crippen MR) is 81.3 cm³/mol. The quantitative estimate of drug-likeness (QED) is 0.896. The van der Waals surface area contributed by atoms with Gasteiger partial charge in [-0.1, -0.05) is 28.1 Å². The number of rotatable bonds is 4. The van der Waals surface area contributed by atoms with Gasteiger partial charge in [-0.25, -0.2) is 4.39 Å². The van der Waals surface area contributed by atoms with Crippen molar-refractivity contribution in [2.24, 2.45) is 0 Å². The van der Waals surface area contributed by atoms with Crippen LogP contribution in [0.3, 0.4) is 0 Å². The molecule has 2 aromatic carbocycles. The minimum absolute atomic E-state index is 0.122. The highest BCUT2D eigenvalue weighted by Crippen LogP contribution is 2.20. The summed E-state index contributed by atoms with van der Waals surface area (Å²) in [4.78, 5) is 11.4. The van der Waals surface area contributed by atoms with E-state index in [1.165, 1.54) is 6.07 Å². The minimum Gasteiger partial charge on any atom is -0.379 e. The molecule has 2 rings (SSSR count). The molecule has 0 spiro atoms. The third-order valence-electron chi connectivity index (χ3n) is 2.86. The zero-order chi connectivity index (χ0) is 14.5. The molecule has 2 N–H and O–H groups in total. The SMILES string of the molecule is CNC(=O)c1ccc(CNc2ccc(Br)cc2F)cc1. The lowest BCUT2D eigenvalue weighted by Crippen LogP contribution is -2.17. The van der Waals surface area contributed by atoms with Crippen molar-refractivity contribution in [3.05, 3.63) is 63.9 Å². The van der Waals surface area contributed by atoms with Crippen molar-refractivity contribution >= 4 is 27.5 Å². The molecule has 5 heteroatoms. The standard InChI is InChI=1S/C15H14BrFN2O/c1-18-15(20)11-4-2-10(3-5-11)9-19-14-7-6-12(16)8-13(14)17/h2-8,19H,9H2,1H3,(H,18,20). The summed E-state index contributed by atoms with van der Waals surface area (Å²) < 4.78 is 14.3. The largest absolute Gasteiger partial charge is 0.379 e. The van der Waals surface area contributed by atoms with Crippen LogP contribution in [-0.4, -0.2) is 13.0 Å². The van der Waals surface area contributed by atoms with Gasteiger partial charge in [-0.2, -0.15) is 0 Å². The summed E-state index contributed by atoms with van der Waals surface area (Å²) >= 11 is 3.21. The average Bonchev–Trinajstić information content (AvgIpc) is 2.46. The third kappa shape index (κ3) is 3.57. The molecule has 0 saturated carbocycles. The van der Waals surface area contributed by atoms with Crippen molar-refractivity contribution in [1.82, 2.24) is 5.32 Å². The summed E-state index contributed by atoms with van der Waals surface area (Å²) in [6, 6.07) is 12.0. The molecule has 0 fully saturated rings. The fraction of sp³-hybridized carbons (Fsp3) is 0.133. The van der Waals surface area contributed by atoms with Gasteiger partial charge in [0, 0.05) is 23.6 Å². The number of nitrogens with one attached hydrogen (secondary N) is 2. The van der Waals surface area contributed by atoms with Crippen LogP contribution in [0.5, 0.6) is 0 Å². The van der Waals surface area contributed by atoms with Crippen LogP contribution in [-0.2, 0) is 6.54 Å². The van der Waals surface area contributed by atoms with Crippen LogP contribution in [0.1, 0.15) is 15.9 Å². The van der Waals surface area contributed by atoms with E-state index in [2.05, 4.69) is 26.6 Å². The predicted octanol–water partition coefficient (Wildman–Crippen LogP) is 3.56. The molecule has 2 aromatic rings. The van der Waals surface area contributed by atoms with Crippen LogP contribution in [0.15, 0.2) is 46.9 Å². The number of benzene rings is 2. The maximum absolute atomic E-state index is 13.6. The van der Waals surface area contributed by atoms with Gasteiger partial charge in [-0.05, 0) is 35.9 Å². The first-order valence-electron chi connectivity index (χ1n) is 6.10. The summed E-state index contributed by atoms with van der Waals surface area (Å²) in [5.74, 6) is -0.426. The molecular weight excluding hydrogens is 323 g/mol. The van der Waals surface area contributed by atoms with Crippen molar-refractivity contribution in [3.8, 4) is 0 Å². The smallest absolute Gasteiger partial charge is 0.251 e. The lowest BCUT2D eigenvalue weighted by atomic mass is 10.1. The van der Waals surface area contributed by atoms with Crippen LogP contribution in [0.2, 0.25) is 0 Å². The highest BCUT2D eigenvalue weighted by molar-refractivity contribution is 9.10. The van der Waals surface area contributed by atoms with Crippen LogP contribution < -0.4 is 10.6 Å². The molecule has 20 heavy (non-hydrogen) atoms.